The number of ether oxygens (including phenoxy) is 1. The van der Waals surface area contributed by atoms with Crippen LogP contribution in [0.4, 0.5) is 38.1 Å². The third-order valence-electron chi connectivity index (χ3n) is 7.01. The van der Waals surface area contributed by atoms with E-state index >= 15 is 4.39 Å². The van der Waals surface area contributed by atoms with E-state index in [1.54, 1.807) is 12.4 Å². The van der Waals surface area contributed by atoms with Crippen LogP contribution in [0, 0.1) is 5.82 Å². The Morgan fingerprint density at radius 3 is 2.68 bits per heavy atom. The Balaban J connectivity index is 1.09. The summed E-state index contributed by atoms with van der Waals surface area (Å²) in [6.45, 7) is 4.08. The number of pyridine rings is 2. The molecule has 1 aromatic carbocycles. The van der Waals surface area contributed by atoms with Gasteiger partial charge >= 0.3 is 6.09 Å². The van der Waals surface area contributed by atoms with Gasteiger partial charge in [0.2, 0.25) is 11.9 Å². The average Bonchev–Trinajstić information content (AvgIpc) is 3.37. The van der Waals surface area contributed by atoms with Crippen molar-refractivity contribution in [1.82, 2.24) is 25.3 Å². The number of fused-ring (bicyclic) bond motifs is 1. The molecule has 12 nitrogen and oxygen atoms in total. The Morgan fingerprint density at radius 1 is 1.05 bits per heavy atom. The third-order valence-corrected chi connectivity index (χ3v) is 7.01. The van der Waals surface area contributed by atoms with Crippen LogP contribution in [0.3, 0.4) is 0 Å². The van der Waals surface area contributed by atoms with E-state index in [0.29, 0.717) is 37.8 Å². The van der Waals surface area contributed by atoms with Crippen molar-refractivity contribution in [2.24, 2.45) is 0 Å². The van der Waals surface area contributed by atoms with Gasteiger partial charge in [0.25, 0.3) is 0 Å². The summed E-state index contributed by atoms with van der Waals surface area (Å²) in [5.74, 6) is 0.736. The Hall–Kier alpha value is -5.07. The van der Waals surface area contributed by atoms with Gasteiger partial charge in [-0.2, -0.15) is 4.98 Å². The SMILES string of the molecule is CC(=O)NC[C@H]1CN(c2cnc(N3CCN(c4ccnc(Nc5cccc6ncccc56)n4)CC3)c(F)c2)C(=O)O1. The van der Waals surface area contributed by atoms with Crippen LogP contribution >= 0.6 is 0 Å². The maximum absolute atomic E-state index is 15.2. The van der Waals surface area contributed by atoms with E-state index in [2.05, 4.69) is 30.5 Å². The number of nitrogens with zero attached hydrogens (tertiary/aromatic N) is 7. The molecule has 210 valence electrons. The minimum absolute atomic E-state index is 0.195. The number of carbonyl (C=O) groups is 2. The van der Waals surface area contributed by atoms with E-state index < -0.39 is 18.0 Å². The highest BCUT2D eigenvalue weighted by atomic mass is 19.1. The summed E-state index contributed by atoms with van der Waals surface area (Å²) in [6, 6.07) is 12.9. The van der Waals surface area contributed by atoms with Crippen molar-refractivity contribution in [2.45, 2.75) is 13.0 Å². The van der Waals surface area contributed by atoms with Crippen LogP contribution in [-0.2, 0) is 9.53 Å². The molecule has 3 aromatic heterocycles. The van der Waals surface area contributed by atoms with E-state index in [4.69, 9.17) is 9.72 Å². The van der Waals surface area contributed by atoms with Gasteiger partial charge in [0.15, 0.2) is 11.6 Å². The van der Waals surface area contributed by atoms with Crippen LogP contribution < -0.4 is 25.3 Å². The minimum Gasteiger partial charge on any atom is -0.442 e. The summed E-state index contributed by atoms with van der Waals surface area (Å²) < 4.78 is 20.4. The topological polar surface area (TPSA) is 129 Å². The molecule has 5 heterocycles. The maximum atomic E-state index is 15.2. The zero-order chi connectivity index (χ0) is 28.3. The number of aromatic nitrogens is 4. The number of rotatable bonds is 7. The van der Waals surface area contributed by atoms with Crippen LogP contribution in [0.15, 0.2) is 61.1 Å². The first kappa shape index (κ1) is 26.2. The van der Waals surface area contributed by atoms with E-state index in [1.807, 2.05) is 41.3 Å². The van der Waals surface area contributed by atoms with E-state index in [1.165, 1.54) is 24.1 Å². The molecule has 0 bridgehead atoms. The Labute approximate surface area is 235 Å². The second-order valence-corrected chi connectivity index (χ2v) is 9.77. The predicted molar refractivity (Wildman–Crippen MR) is 152 cm³/mol. The molecule has 2 fully saturated rings. The zero-order valence-corrected chi connectivity index (χ0v) is 22.3. The van der Waals surface area contributed by atoms with Gasteiger partial charge in [0.05, 0.1) is 36.2 Å². The van der Waals surface area contributed by atoms with Crippen molar-refractivity contribution in [3.8, 4) is 0 Å². The molecule has 2 aliphatic rings. The van der Waals surface area contributed by atoms with Gasteiger partial charge in [-0.3, -0.25) is 14.7 Å². The second kappa shape index (κ2) is 11.2. The van der Waals surface area contributed by atoms with Crippen LogP contribution in [0.2, 0.25) is 0 Å². The molecule has 6 rings (SSSR count). The highest BCUT2D eigenvalue weighted by Gasteiger charge is 2.33. The molecule has 2 aliphatic heterocycles. The van der Waals surface area contributed by atoms with Crippen LogP contribution in [0.25, 0.3) is 10.9 Å². The average molecular weight is 558 g/mol. The summed E-state index contributed by atoms with van der Waals surface area (Å²) in [5.41, 5.74) is 2.06. The van der Waals surface area contributed by atoms with Crippen molar-refractivity contribution >= 4 is 51.9 Å². The lowest BCUT2D eigenvalue weighted by molar-refractivity contribution is -0.119. The Kier molecular flexibility index (Phi) is 7.15. The molecule has 0 unspecified atom stereocenters. The summed E-state index contributed by atoms with van der Waals surface area (Å²) in [5, 5.41) is 6.90. The summed E-state index contributed by atoms with van der Waals surface area (Å²) in [6.07, 6.45) is 3.83. The maximum Gasteiger partial charge on any atom is 0.414 e. The fourth-order valence-corrected chi connectivity index (χ4v) is 4.96. The lowest BCUT2D eigenvalue weighted by atomic mass is 10.2. The van der Waals surface area contributed by atoms with Gasteiger partial charge < -0.3 is 25.2 Å². The number of amides is 2. The highest BCUT2D eigenvalue weighted by Crippen LogP contribution is 2.28. The molecule has 4 aromatic rings. The van der Waals surface area contributed by atoms with Gasteiger partial charge in [-0.05, 0) is 30.3 Å². The van der Waals surface area contributed by atoms with Crippen molar-refractivity contribution in [3.05, 3.63) is 66.9 Å². The summed E-state index contributed by atoms with van der Waals surface area (Å²) in [4.78, 5) is 46.6. The first-order chi connectivity index (χ1) is 19.9. The number of halogens is 1. The van der Waals surface area contributed by atoms with Crippen LogP contribution in [0.1, 0.15) is 6.92 Å². The Morgan fingerprint density at radius 2 is 1.88 bits per heavy atom. The quantitative estimate of drug-likeness (QED) is 0.350. The molecule has 0 spiro atoms. The van der Waals surface area contributed by atoms with Crippen molar-refractivity contribution in [3.63, 3.8) is 0 Å². The molecule has 0 aliphatic carbocycles. The standard InChI is InChI=1S/C28H28FN9O3/c1-18(39)32-16-20-17-38(28(40)41-20)19-14-22(29)26(33-15-19)37-12-10-36(11-13-37)25-7-9-31-27(35-25)34-24-6-2-5-23-21(24)4-3-8-30-23/h2-9,14-15,20H,10-13,16-17H2,1H3,(H,32,39)(H,31,34,35)/t20-/m0/s1. The molecule has 13 heteroatoms. The number of piperazine rings is 1. The molecular formula is C28H28FN9O3. The molecule has 2 amide bonds. The normalized spacial score (nSPS) is 17.1. The molecule has 2 saturated heterocycles. The number of benzene rings is 1. The number of nitrogens with one attached hydrogen (secondary N) is 2. The molecule has 0 radical (unpaired) electrons. The van der Waals surface area contributed by atoms with Gasteiger partial charge in [0.1, 0.15) is 11.9 Å². The molecule has 41 heavy (non-hydrogen) atoms. The first-order valence-corrected chi connectivity index (χ1v) is 13.3. The molecule has 1 atom stereocenters. The lowest BCUT2D eigenvalue weighted by Gasteiger charge is -2.36. The minimum atomic E-state index is -0.598. The van der Waals surface area contributed by atoms with Gasteiger partial charge in [-0.1, -0.05) is 6.07 Å². The first-order valence-electron chi connectivity index (χ1n) is 13.3. The fraction of sp³-hybridized carbons (Fsp3) is 0.286. The van der Waals surface area contributed by atoms with E-state index in [-0.39, 0.29) is 24.8 Å². The zero-order valence-electron chi connectivity index (χ0n) is 22.3. The van der Waals surface area contributed by atoms with Crippen LogP contribution in [0.5, 0.6) is 0 Å². The van der Waals surface area contributed by atoms with Gasteiger partial charge in [0, 0.05) is 56.9 Å². The molecule has 2 N–H and O–H groups in total. The second-order valence-electron chi connectivity index (χ2n) is 9.77. The number of anilines is 5. The van der Waals surface area contributed by atoms with E-state index in [9.17, 15) is 9.59 Å². The number of hydrogen-bond acceptors (Lipinski definition) is 10. The van der Waals surface area contributed by atoms with Crippen molar-refractivity contribution in [1.29, 1.82) is 0 Å². The van der Waals surface area contributed by atoms with E-state index in [0.717, 1.165) is 22.4 Å². The van der Waals surface area contributed by atoms with Crippen molar-refractivity contribution < 1.29 is 18.7 Å². The fourth-order valence-electron chi connectivity index (χ4n) is 4.96. The number of carbonyl (C=O) groups excluding carboxylic acids is 2. The predicted octanol–water partition coefficient (Wildman–Crippen LogP) is 3.09. The third kappa shape index (κ3) is 5.64. The Bertz CT molecular complexity index is 1590. The van der Waals surface area contributed by atoms with Crippen molar-refractivity contribution in [2.75, 3.05) is 59.3 Å². The number of hydrogen-bond donors (Lipinski definition) is 2. The van der Waals surface area contributed by atoms with Gasteiger partial charge in [-0.25, -0.2) is 19.2 Å². The molecular weight excluding hydrogens is 529 g/mol. The smallest absolute Gasteiger partial charge is 0.414 e. The summed E-state index contributed by atoms with van der Waals surface area (Å²) >= 11 is 0. The highest BCUT2D eigenvalue weighted by molar-refractivity contribution is 5.92. The largest absolute Gasteiger partial charge is 0.442 e. The van der Waals surface area contributed by atoms with Crippen LogP contribution in [-0.4, -0.2) is 77.3 Å². The molecule has 0 saturated carbocycles. The number of cyclic esters (lactones) is 1. The van der Waals surface area contributed by atoms with Gasteiger partial charge in [-0.15, -0.1) is 0 Å². The summed E-state index contributed by atoms with van der Waals surface area (Å²) in [7, 11) is 0. The monoisotopic (exact) mass is 557 g/mol. The lowest BCUT2D eigenvalue weighted by Crippen LogP contribution is -2.47.